The summed E-state index contributed by atoms with van der Waals surface area (Å²) in [5, 5.41) is 4.54. The molecule has 158 valence electrons. The number of aromatic nitrogens is 3. The monoisotopic (exact) mass is 399 g/mol. The molecule has 2 aliphatic heterocycles. The first-order valence-electron chi connectivity index (χ1n) is 10.9. The molecular formula is C22H33N5O2. The van der Waals surface area contributed by atoms with Crippen LogP contribution in [0.3, 0.4) is 0 Å². The van der Waals surface area contributed by atoms with Crippen LogP contribution in [0.1, 0.15) is 24.2 Å². The van der Waals surface area contributed by atoms with Crippen LogP contribution < -0.4 is 5.69 Å². The minimum absolute atomic E-state index is 0.00892. The van der Waals surface area contributed by atoms with E-state index in [0.717, 1.165) is 44.8 Å². The van der Waals surface area contributed by atoms with Crippen molar-refractivity contribution >= 4 is 0 Å². The lowest BCUT2D eigenvalue weighted by atomic mass is 10.0. The van der Waals surface area contributed by atoms with Crippen LogP contribution in [0.15, 0.2) is 35.1 Å². The van der Waals surface area contributed by atoms with E-state index in [1.807, 2.05) is 4.57 Å². The molecule has 0 unspecified atom stereocenters. The van der Waals surface area contributed by atoms with Crippen LogP contribution in [0.5, 0.6) is 0 Å². The molecule has 7 heteroatoms. The zero-order valence-electron chi connectivity index (χ0n) is 17.5. The Morgan fingerprint density at radius 1 is 1.03 bits per heavy atom. The lowest BCUT2D eigenvalue weighted by Crippen LogP contribution is -2.46. The number of ether oxygens (including phenoxy) is 1. The van der Waals surface area contributed by atoms with Gasteiger partial charge in [-0.05, 0) is 37.9 Å². The van der Waals surface area contributed by atoms with E-state index in [9.17, 15) is 4.79 Å². The molecule has 1 aromatic carbocycles. The highest BCUT2D eigenvalue weighted by atomic mass is 16.5. The Kier molecular flexibility index (Phi) is 6.79. The lowest BCUT2D eigenvalue weighted by molar-refractivity contribution is 0.110. The summed E-state index contributed by atoms with van der Waals surface area (Å²) in [6, 6.07) is 11.4. The molecule has 0 N–H and O–H groups in total. The molecule has 0 amide bonds. The number of methoxy groups -OCH3 is 1. The fraction of sp³-hybridized carbons (Fsp3) is 0.636. The number of rotatable bonds is 7. The lowest BCUT2D eigenvalue weighted by Gasteiger charge is -2.38. The van der Waals surface area contributed by atoms with Crippen molar-refractivity contribution in [2.45, 2.75) is 44.8 Å². The molecule has 3 heterocycles. The molecule has 29 heavy (non-hydrogen) atoms. The van der Waals surface area contributed by atoms with Crippen LogP contribution in [0.25, 0.3) is 0 Å². The second-order valence-corrected chi connectivity index (χ2v) is 8.16. The Labute approximate surface area is 172 Å². The van der Waals surface area contributed by atoms with Gasteiger partial charge in [0, 0.05) is 45.8 Å². The van der Waals surface area contributed by atoms with Crippen molar-refractivity contribution in [3.8, 4) is 0 Å². The van der Waals surface area contributed by atoms with Crippen LogP contribution in [0.2, 0.25) is 0 Å². The molecule has 0 atom stereocenters. The van der Waals surface area contributed by atoms with Gasteiger partial charge in [0.15, 0.2) is 0 Å². The highest BCUT2D eigenvalue weighted by molar-refractivity contribution is 5.14. The predicted octanol–water partition coefficient (Wildman–Crippen LogP) is 1.26. The van der Waals surface area contributed by atoms with Gasteiger partial charge in [-0.25, -0.2) is 9.48 Å². The molecule has 0 aliphatic carbocycles. The van der Waals surface area contributed by atoms with Gasteiger partial charge in [0.25, 0.3) is 0 Å². The van der Waals surface area contributed by atoms with Crippen LogP contribution in [-0.2, 0) is 30.7 Å². The molecule has 4 rings (SSSR count). The maximum Gasteiger partial charge on any atom is 0.346 e. The molecule has 0 saturated carbocycles. The third kappa shape index (κ3) is 4.97. The smallest absolute Gasteiger partial charge is 0.346 e. The van der Waals surface area contributed by atoms with Crippen molar-refractivity contribution in [3.63, 3.8) is 0 Å². The highest BCUT2D eigenvalue weighted by Gasteiger charge is 2.27. The second kappa shape index (κ2) is 9.69. The Bertz CT molecular complexity index is 823. The number of benzene rings is 1. The molecule has 1 saturated heterocycles. The average molecular weight is 400 g/mol. The van der Waals surface area contributed by atoms with E-state index < -0.39 is 0 Å². The summed E-state index contributed by atoms with van der Waals surface area (Å²) in [5.74, 6) is 0.925. The van der Waals surface area contributed by atoms with E-state index in [1.54, 1.807) is 11.8 Å². The van der Waals surface area contributed by atoms with Gasteiger partial charge in [-0.15, -0.1) is 0 Å². The molecule has 0 spiro atoms. The summed E-state index contributed by atoms with van der Waals surface area (Å²) < 4.78 is 8.50. The van der Waals surface area contributed by atoms with Gasteiger partial charge >= 0.3 is 5.69 Å². The van der Waals surface area contributed by atoms with E-state index >= 15 is 0 Å². The summed E-state index contributed by atoms with van der Waals surface area (Å²) in [7, 11) is 1.65. The van der Waals surface area contributed by atoms with Crippen molar-refractivity contribution in [1.29, 1.82) is 0 Å². The van der Waals surface area contributed by atoms with Crippen molar-refractivity contribution in [1.82, 2.24) is 24.1 Å². The summed E-state index contributed by atoms with van der Waals surface area (Å²) in [5.41, 5.74) is 1.43. The summed E-state index contributed by atoms with van der Waals surface area (Å²) in [4.78, 5) is 17.8. The molecule has 1 fully saturated rings. The van der Waals surface area contributed by atoms with Crippen molar-refractivity contribution < 1.29 is 4.74 Å². The summed E-state index contributed by atoms with van der Waals surface area (Å²) in [6.07, 6.45) is 4.42. The minimum Gasteiger partial charge on any atom is -0.383 e. The Balaban J connectivity index is 1.26. The van der Waals surface area contributed by atoms with E-state index in [-0.39, 0.29) is 5.69 Å². The second-order valence-electron chi connectivity index (χ2n) is 8.16. The van der Waals surface area contributed by atoms with Gasteiger partial charge in [0.05, 0.1) is 13.2 Å². The first-order valence-corrected chi connectivity index (χ1v) is 10.9. The van der Waals surface area contributed by atoms with Gasteiger partial charge < -0.3 is 9.64 Å². The summed E-state index contributed by atoms with van der Waals surface area (Å²) in [6.45, 7) is 7.21. The number of nitrogens with zero attached hydrogens (tertiary/aromatic N) is 5. The fourth-order valence-electron chi connectivity index (χ4n) is 4.61. The van der Waals surface area contributed by atoms with Gasteiger partial charge in [-0.1, -0.05) is 30.3 Å². The number of fused-ring (bicyclic) bond motifs is 1. The topological polar surface area (TPSA) is 55.5 Å². The molecular weight excluding hydrogens is 366 g/mol. The Hall–Kier alpha value is -1.96. The predicted molar refractivity (Wildman–Crippen MR) is 113 cm³/mol. The van der Waals surface area contributed by atoms with Crippen molar-refractivity contribution in [2.75, 3.05) is 46.4 Å². The van der Waals surface area contributed by atoms with Crippen LogP contribution in [-0.4, -0.2) is 76.6 Å². The molecule has 0 radical (unpaired) electrons. The first-order chi connectivity index (χ1) is 14.2. The largest absolute Gasteiger partial charge is 0.383 e. The van der Waals surface area contributed by atoms with Crippen molar-refractivity contribution in [2.24, 2.45) is 0 Å². The molecule has 2 aromatic rings. The fourth-order valence-corrected chi connectivity index (χ4v) is 4.61. The number of likely N-dealkylation sites (tertiary alicyclic amines) is 1. The van der Waals surface area contributed by atoms with E-state index in [1.165, 1.54) is 31.5 Å². The number of hydrogen-bond acceptors (Lipinski definition) is 5. The van der Waals surface area contributed by atoms with Gasteiger partial charge in [0.1, 0.15) is 5.82 Å². The standard InChI is InChI=1S/C22H33N5O2/c1-29-18-17-27-22(28)26-16-15-25(14-10-21(26)23-27)20-8-12-24(13-9-20)11-7-19-5-3-2-4-6-19/h2-6,20H,7-18H2,1H3. The van der Waals surface area contributed by atoms with E-state index in [4.69, 9.17) is 4.74 Å². The van der Waals surface area contributed by atoms with Crippen molar-refractivity contribution in [3.05, 3.63) is 52.2 Å². The SMILES string of the molecule is COCCn1nc2n(c1=O)CCN(C1CCN(CCc3ccccc3)CC1)CC2. The quantitative estimate of drug-likeness (QED) is 0.702. The zero-order valence-corrected chi connectivity index (χ0v) is 17.5. The average Bonchev–Trinajstić information content (AvgIpc) is 2.92. The Morgan fingerprint density at radius 3 is 2.59 bits per heavy atom. The Morgan fingerprint density at radius 2 is 1.83 bits per heavy atom. The molecule has 7 nitrogen and oxygen atoms in total. The van der Waals surface area contributed by atoms with Gasteiger partial charge in [-0.2, -0.15) is 5.10 Å². The maximum atomic E-state index is 12.6. The third-order valence-electron chi connectivity index (χ3n) is 6.37. The first kappa shape index (κ1) is 20.3. The molecule has 2 aliphatic rings. The zero-order chi connectivity index (χ0) is 20.1. The minimum atomic E-state index is 0.00892. The van der Waals surface area contributed by atoms with E-state index in [0.29, 0.717) is 19.2 Å². The molecule has 0 bridgehead atoms. The van der Waals surface area contributed by atoms with E-state index in [2.05, 4.69) is 45.2 Å². The highest BCUT2D eigenvalue weighted by Crippen LogP contribution is 2.19. The molecule has 1 aromatic heterocycles. The summed E-state index contributed by atoms with van der Waals surface area (Å²) >= 11 is 0. The number of piperidine rings is 1. The van der Waals surface area contributed by atoms with Crippen LogP contribution >= 0.6 is 0 Å². The van der Waals surface area contributed by atoms with Crippen LogP contribution in [0.4, 0.5) is 0 Å². The third-order valence-corrected chi connectivity index (χ3v) is 6.37. The van der Waals surface area contributed by atoms with Crippen LogP contribution in [0, 0.1) is 0 Å². The van der Waals surface area contributed by atoms with Gasteiger partial charge in [0.2, 0.25) is 0 Å². The van der Waals surface area contributed by atoms with Gasteiger partial charge in [-0.3, -0.25) is 9.47 Å². The normalized spacial score (nSPS) is 19.2. The maximum absolute atomic E-state index is 12.6. The number of hydrogen-bond donors (Lipinski definition) is 0.